The van der Waals surface area contributed by atoms with Crippen LogP contribution in [0.4, 0.5) is 4.79 Å². The Bertz CT molecular complexity index is 1210. The van der Waals surface area contributed by atoms with Crippen molar-refractivity contribution in [1.82, 2.24) is 46.2 Å². The molecule has 1 aromatic carbocycles. The van der Waals surface area contributed by atoms with E-state index in [1.54, 1.807) is 27.7 Å². The number of methoxy groups -OCH3 is 1. The molecule has 0 bridgehead atoms. The number of nitrogens with zero attached hydrogens (tertiary/aromatic N) is 4. The Balaban J connectivity index is 0.000000503. The van der Waals surface area contributed by atoms with Crippen molar-refractivity contribution in [3.05, 3.63) is 29.8 Å². The quantitative estimate of drug-likeness (QED) is 0.0824. The van der Waals surface area contributed by atoms with Gasteiger partial charge in [0.05, 0.1) is 13.7 Å². The summed E-state index contributed by atoms with van der Waals surface area (Å²) in [6.07, 6.45) is 16.3. The number of hydrogen-bond acceptors (Lipinski definition) is 13. The van der Waals surface area contributed by atoms with Crippen molar-refractivity contribution in [2.45, 2.75) is 129 Å². The third-order valence-corrected chi connectivity index (χ3v) is 12.4. The second-order valence-electron chi connectivity index (χ2n) is 19.6. The molecular formula is C51H100IN9O5. The first-order chi connectivity index (χ1) is 31.7. The minimum absolute atomic E-state index is 0.271. The van der Waals surface area contributed by atoms with E-state index in [2.05, 4.69) is 97.0 Å². The SMILES string of the molecule is C1CCNCCCCNCCNCCCCNC1.CN1CCCCN(C)CCCCN(C)CCN(C)CCCC1.COC(=O)C(C)(Cc1ccc(OCCCI)cc1)NC(=O)OC(C)(C)C. The smallest absolute Gasteiger partial charge is 0.408 e. The van der Waals surface area contributed by atoms with Crippen molar-refractivity contribution in [3.8, 4) is 5.75 Å². The maximum absolute atomic E-state index is 12.3. The molecule has 66 heavy (non-hydrogen) atoms. The van der Waals surface area contributed by atoms with Crippen LogP contribution < -0.4 is 31.3 Å². The zero-order valence-electron chi connectivity index (χ0n) is 43.6. The van der Waals surface area contributed by atoms with Gasteiger partial charge >= 0.3 is 12.1 Å². The van der Waals surface area contributed by atoms with Crippen LogP contribution >= 0.6 is 22.6 Å². The Labute approximate surface area is 418 Å². The van der Waals surface area contributed by atoms with Crippen LogP contribution in [0.5, 0.6) is 5.75 Å². The number of ether oxygens (including phenoxy) is 3. The van der Waals surface area contributed by atoms with Gasteiger partial charge in [0.2, 0.25) is 0 Å². The lowest BCUT2D eigenvalue weighted by atomic mass is 9.93. The molecule has 5 N–H and O–H groups in total. The van der Waals surface area contributed by atoms with E-state index in [4.69, 9.17) is 14.2 Å². The monoisotopic (exact) mass is 1050 g/mol. The van der Waals surface area contributed by atoms with Gasteiger partial charge in [-0.1, -0.05) is 34.7 Å². The molecule has 0 radical (unpaired) electrons. The molecule has 0 spiro atoms. The lowest BCUT2D eigenvalue weighted by molar-refractivity contribution is -0.147. The lowest BCUT2D eigenvalue weighted by Gasteiger charge is -2.29. The first kappa shape index (κ1) is 62.2. The van der Waals surface area contributed by atoms with Crippen LogP contribution in [0.15, 0.2) is 24.3 Å². The van der Waals surface area contributed by atoms with Crippen molar-refractivity contribution in [3.63, 3.8) is 0 Å². The molecule has 386 valence electrons. The first-order valence-electron chi connectivity index (χ1n) is 25.6. The number of benzene rings is 1. The van der Waals surface area contributed by atoms with E-state index in [-0.39, 0.29) is 6.42 Å². The van der Waals surface area contributed by atoms with Gasteiger partial charge < -0.3 is 60.4 Å². The Hall–Kier alpha value is -1.83. The van der Waals surface area contributed by atoms with Crippen LogP contribution in [-0.4, -0.2) is 194 Å². The van der Waals surface area contributed by atoms with E-state index < -0.39 is 23.2 Å². The van der Waals surface area contributed by atoms with E-state index >= 15 is 0 Å². The Kier molecular flexibility index (Phi) is 37.6. The predicted molar refractivity (Wildman–Crippen MR) is 286 cm³/mol. The largest absolute Gasteiger partial charge is 0.494 e. The van der Waals surface area contributed by atoms with Gasteiger partial charge in [-0.15, -0.1) is 0 Å². The summed E-state index contributed by atoms with van der Waals surface area (Å²) in [5.41, 5.74) is -1.02. The third-order valence-electron chi connectivity index (χ3n) is 11.6. The molecule has 1 atom stereocenters. The number of alkyl carbamates (subject to hydrolysis) is 1. The molecule has 3 rings (SSSR count). The second kappa shape index (κ2) is 40.0. The molecule has 1 aromatic rings. The highest BCUT2D eigenvalue weighted by atomic mass is 127. The van der Waals surface area contributed by atoms with E-state index in [9.17, 15) is 9.59 Å². The van der Waals surface area contributed by atoms with Crippen LogP contribution in [-0.2, 0) is 20.7 Å². The molecule has 0 aliphatic carbocycles. The number of esters is 1. The van der Waals surface area contributed by atoms with Crippen LogP contribution in [0.2, 0.25) is 0 Å². The molecule has 0 saturated carbocycles. The maximum Gasteiger partial charge on any atom is 0.408 e. The zero-order chi connectivity index (χ0) is 48.7. The maximum atomic E-state index is 12.3. The number of carbonyl (C=O) groups is 2. The third kappa shape index (κ3) is 36.2. The van der Waals surface area contributed by atoms with Crippen LogP contribution in [0.3, 0.4) is 0 Å². The van der Waals surface area contributed by atoms with Crippen molar-refractivity contribution < 1.29 is 23.8 Å². The summed E-state index contributed by atoms with van der Waals surface area (Å²) in [7, 11) is 10.4. The van der Waals surface area contributed by atoms with E-state index in [0.717, 1.165) is 48.3 Å². The van der Waals surface area contributed by atoms with Gasteiger partial charge in [-0.2, -0.15) is 0 Å². The number of carbonyl (C=O) groups excluding carboxylic acids is 2. The number of alkyl halides is 1. The van der Waals surface area contributed by atoms with Crippen LogP contribution in [0, 0.1) is 0 Å². The second-order valence-corrected chi connectivity index (χ2v) is 20.7. The van der Waals surface area contributed by atoms with Gasteiger partial charge in [0.1, 0.15) is 16.9 Å². The van der Waals surface area contributed by atoms with Crippen molar-refractivity contribution in [2.75, 3.05) is 151 Å². The van der Waals surface area contributed by atoms with E-state index in [1.807, 2.05) is 24.3 Å². The molecule has 2 aliphatic rings. The summed E-state index contributed by atoms with van der Waals surface area (Å²) >= 11 is 2.31. The molecule has 15 heteroatoms. The number of hydrogen-bond donors (Lipinski definition) is 5. The predicted octanol–water partition coefficient (Wildman–Crippen LogP) is 6.66. The van der Waals surface area contributed by atoms with E-state index in [1.165, 1.54) is 163 Å². The van der Waals surface area contributed by atoms with Crippen LogP contribution in [0.25, 0.3) is 0 Å². The summed E-state index contributed by atoms with van der Waals surface area (Å²) in [5.74, 6) is 0.240. The molecule has 1 unspecified atom stereocenters. The highest BCUT2D eigenvalue weighted by Crippen LogP contribution is 2.20. The highest BCUT2D eigenvalue weighted by molar-refractivity contribution is 14.1. The number of rotatable bonds is 8. The lowest BCUT2D eigenvalue weighted by Crippen LogP contribution is -2.55. The molecular weight excluding hydrogens is 946 g/mol. The van der Waals surface area contributed by atoms with Gasteiger partial charge in [0, 0.05) is 37.0 Å². The standard InChI is InChI=1S/C19H28INO5.C18H40N4.C14H32N4/c1-18(2,3)26-17(23)21-19(4,16(22)24-5)13-14-7-9-15(10-8-14)25-12-6-11-20;1-19-11-5-6-12-20(2)14-8-10-16-22(4)18-17-21(3)15-9-7-13-19;1-2-8-16-10-4-6-12-18-14-13-17-11-5-3-9-15-7-1/h7-10H,6,11-13H2,1-5H3,(H,21,23);5-18H2,1-4H3;15-18H,1-14H2. The van der Waals surface area contributed by atoms with Gasteiger partial charge in [-0.25, -0.2) is 9.59 Å². The Morgan fingerprint density at radius 3 is 1.29 bits per heavy atom. The minimum Gasteiger partial charge on any atom is -0.494 e. The molecule has 2 heterocycles. The average Bonchev–Trinajstić information content (AvgIpc) is 3.27. The number of amides is 1. The number of halogens is 1. The summed E-state index contributed by atoms with van der Waals surface area (Å²) in [6.45, 7) is 26.7. The molecule has 2 aliphatic heterocycles. The Morgan fingerprint density at radius 2 is 0.939 bits per heavy atom. The summed E-state index contributed by atoms with van der Waals surface area (Å²) in [6, 6.07) is 7.45. The summed E-state index contributed by atoms with van der Waals surface area (Å²) in [4.78, 5) is 34.4. The molecule has 2 saturated heterocycles. The fourth-order valence-electron chi connectivity index (χ4n) is 7.53. The van der Waals surface area contributed by atoms with Gasteiger partial charge in [-0.3, -0.25) is 0 Å². The Morgan fingerprint density at radius 1 is 0.576 bits per heavy atom. The van der Waals surface area contributed by atoms with Crippen molar-refractivity contribution in [1.29, 1.82) is 0 Å². The molecule has 1 amide bonds. The first-order valence-corrected chi connectivity index (χ1v) is 27.1. The topological polar surface area (TPSA) is 135 Å². The summed E-state index contributed by atoms with van der Waals surface area (Å²) < 4.78 is 16.8. The number of nitrogens with one attached hydrogen (secondary N) is 5. The van der Waals surface area contributed by atoms with Crippen molar-refractivity contribution >= 4 is 34.7 Å². The fraction of sp³-hybridized carbons (Fsp3) is 0.843. The van der Waals surface area contributed by atoms with Crippen LogP contribution in [0.1, 0.15) is 117 Å². The average molecular weight is 1050 g/mol. The molecule has 14 nitrogen and oxygen atoms in total. The zero-order valence-corrected chi connectivity index (χ0v) is 45.8. The highest BCUT2D eigenvalue weighted by Gasteiger charge is 2.38. The van der Waals surface area contributed by atoms with Gasteiger partial charge in [0.25, 0.3) is 0 Å². The number of likely N-dealkylation sites (N-methyl/N-ethyl adjacent to an activating group) is 2. The van der Waals surface area contributed by atoms with Gasteiger partial charge in [0.15, 0.2) is 0 Å². The van der Waals surface area contributed by atoms with Crippen molar-refractivity contribution in [2.24, 2.45) is 0 Å². The van der Waals surface area contributed by atoms with Gasteiger partial charge in [-0.05, 0) is 236 Å². The molecule has 2 fully saturated rings. The fourth-order valence-corrected chi connectivity index (χ4v) is 7.85. The minimum atomic E-state index is -1.24. The van der Waals surface area contributed by atoms with E-state index in [0.29, 0.717) is 6.61 Å². The summed E-state index contributed by atoms with van der Waals surface area (Å²) in [5, 5.41) is 16.7. The normalized spacial score (nSPS) is 20.4. The molecule has 0 aromatic heterocycles.